The fraction of sp³-hybridized carbons (Fsp3) is 0.346. The number of hydrogen-bond donors (Lipinski definition) is 0. The number of benzene rings is 2. The van der Waals surface area contributed by atoms with E-state index in [4.69, 9.17) is 4.74 Å². The average molecular weight is 491 g/mol. The first-order chi connectivity index (χ1) is 17.5. The highest BCUT2D eigenvalue weighted by Gasteiger charge is 2.32. The fourth-order valence-electron chi connectivity index (χ4n) is 4.32. The molecule has 0 saturated carbocycles. The third-order valence-corrected chi connectivity index (χ3v) is 6.03. The summed E-state index contributed by atoms with van der Waals surface area (Å²) in [7, 11) is 0. The lowest BCUT2D eigenvalue weighted by molar-refractivity contribution is -0.383. The zero-order valence-corrected chi connectivity index (χ0v) is 20.3. The molecule has 0 unspecified atom stereocenters. The van der Waals surface area contributed by atoms with Crippen LogP contribution in [0.3, 0.4) is 0 Å². The minimum Gasteiger partial charge on any atom is -0.465 e. The number of aromatic nitrogens is 2. The first-order valence-electron chi connectivity index (χ1n) is 12.0. The van der Waals surface area contributed by atoms with Crippen LogP contribution >= 0.6 is 0 Å². The Morgan fingerprint density at radius 2 is 1.64 bits per heavy atom. The van der Waals surface area contributed by atoms with Crippen molar-refractivity contribution in [3.63, 3.8) is 0 Å². The van der Waals surface area contributed by atoms with Crippen LogP contribution in [0.1, 0.15) is 18.1 Å². The van der Waals surface area contributed by atoms with E-state index in [0.717, 1.165) is 25.2 Å². The van der Waals surface area contributed by atoms with Gasteiger partial charge in [-0.2, -0.15) is 0 Å². The zero-order valence-electron chi connectivity index (χ0n) is 20.3. The second kappa shape index (κ2) is 12.1. The zero-order chi connectivity index (χ0) is 25.3. The van der Waals surface area contributed by atoms with E-state index in [1.807, 2.05) is 53.4 Å². The minimum atomic E-state index is -0.475. The molecule has 1 saturated heterocycles. The van der Waals surface area contributed by atoms with Gasteiger partial charge in [-0.15, -0.1) is 0 Å². The number of nitrogens with zero attached hydrogens (tertiary/aromatic N) is 6. The number of anilines is 2. The Kier molecular flexibility index (Phi) is 8.40. The number of rotatable bonds is 10. The molecule has 10 heteroatoms. The quantitative estimate of drug-likeness (QED) is 0.240. The Balaban J connectivity index is 1.57. The molecule has 1 aliphatic rings. The lowest BCUT2D eigenvalue weighted by Gasteiger charge is -2.35. The minimum absolute atomic E-state index is 0.105. The molecule has 0 radical (unpaired) electrons. The van der Waals surface area contributed by atoms with E-state index >= 15 is 0 Å². The topological polar surface area (TPSA) is 105 Å². The van der Waals surface area contributed by atoms with Gasteiger partial charge in [-0.1, -0.05) is 60.7 Å². The van der Waals surface area contributed by atoms with Crippen LogP contribution in [0.4, 0.5) is 17.3 Å². The number of carbonyl (C=O) groups excluding carboxylic acids is 1. The van der Waals surface area contributed by atoms with Crippen LogP contribution in [0.5, 0.6) is 0 Å². The molecule has 0 aliphatic carbocycles. The molecule has 10 nitrogen and oxygen atoms in total. The number of piperazine rings is 1. The molecule has 36 heavy (non-hydrogen) atoms. The molecule has 1 aliphatic heterocycles. The van der Waals surface area contributed by atoms with E-state index in [1.165, 1.54) is 11.9 Å². The maximum absolute atomic E-state index is 12.4. The molecular formula is C26H30N6O4. The van der Waals surface area contributed by atoms with E-state index in [0.29, 0.717) is 13.1 Å². The van der Waals surface area contributed by atoms with Gasteiger partial charge in [-0.25, -0.2) is 9.97 Å². The van der Waals surface area contributed by atoms with Crippen molar-refractivity contribution in [2.75, 3.05) is 49.1 Å². The first kappa shape index (κ1) is 25.1. The molecule has 1 aromatic heterocycles. The van der Waals surface area contributed by atoms with Gasteiger partial charge in [0.05, 0.1) is 11.5 Å². The average Bonchev–Trinajstić information content (AvgIpc) is 2.89. The van der Waals surface area contributed by atoms with Gasteiger partial charge in [0.1, 0.15) is 12.9 Å². The van der Waals surface area contributed by atoms with Crippen molar-refractivity contribution >= 4 is 23.3 Å². The molecule has 0 amide bonds. The highest BCUT2D eigenvalue weighted by atomic mass is 16.6. The highest BCUT2D eigenvalue weighted by Crippen LogP contribution is 2.35. The fourth-order valence-corrected chi connectivity index (χ4v) is 4.32. The molecule has 0 atom stereocenters. The molecule has 188 valence electrons. The Labute approximate surface area is 210 Å². The lowest BCUT2D eigenvalue weighted by atomic mass is 10.2. The van der Waals surface area contributed by atoms with Gasteiger partial charge >= 0.3 is 11.7 Å². The number of nitro groups is 1. The van der Waals surface area contributed by atoms with Gasteiger partial charge in [-0.05, 0) is 18.1 Å². The summed E-state index contributed by atoms with van der Waals surface area (Å²) in [6.45, 7) is 5.58. The predicted octanol–water partition coefficient (Wildman–Crippen LogP) is 3.28. The van der Waals surface area contributed by atoms with Crippen LogP contribution < -0.4 is 9.80 Å². The maximum Gasteiger partial charge on any atom is 0.353 e. The summed E-state index contributed by atoms with van der Waals surface area (Å²) >= 11 is 0. The normalized spacial score (nSPS) is 13.9. The molecule has 0 bridgehead atoms. The number of esters is 1. The van der Waals surface area contributed by atoms with Crippen molar-refractivity contribution in [3.8, 4) is 0 Å². The SMILES string of the molecule is CCOC(=O)CN(Cc1ccccc1)c1ncnc(N2CCN(Cc3ccccc3)CC2)c1[N+](=O)[O-]. The van der Waals surface area contributed by atoms with Crippen molar-refractivity contribution in [1.82, 2.24) is 14.9 Å². The summed E-state index contributed by atoms with van der Waals surface area (Å²) in [5.41, 5.74) is 1.93. The first-order valence-corrected chi connectivity index (χ1v) is 12.0. The van der Waals surface area contributed by atoms with Crippen LogP contribution in [-0.4, -0.2) is 65.1 Å². The van der Waals surface area contributed by atoms with E-state index in [-0.39, 0.29) is 37.0 Å². The van der Waals surface area contributed by atoms with E-state index in [9.17, 15) is 14.9 Å². The highest BCUT2D eigenvalue weighted by molar-refractivity contribution is 5.79. The Morgan fingerprint density at radius 3 is 2.25 bits per heavy atom. The second-order valence-corrected chi connectivity index (χ2v) is 8.52. The molecule has 4 rings (SSSR count). The summed E-state index contributed by atoms with van der Waals surface area (Å²) in [4.78, 5) is 38.6. The largest absolute Gasteiger partial charge is 0.465 e. The summed E-state index contributed by atoms with van der Waals surface area (Å²) < 4.78 is 5.13. The van der Waals surface area contributed by atoms with Crippen molar-refractivity contribution in [2.24, 2.45) is 0 Å². The van der Waals surface area contributed by atoms with Crippen LogP contribution in [0.25, 0.3) is 0 Å². The molecule has 2 heterocycles. The van der Waals surface area contributed by atoms with E-state index < -0.39 is 10.9 Å². The third-order valence-electron chi connectivity index (χ3n) is 6.03. The Hall–Kier alpha value is -4.05. The smallest absolute Gasteiger partial charge is 0.353 e. The van der Waals surface area contributed by atoms with Crippen LogP contribution in [0.2, 0.25) is 0 Å². The number of hydrogen-bond acceptors (Lipinski definition) is 9. The van der Waals surface area contributed by atoms with E-state index in [2.05, 4.69) is 27.0 Å². The van der Waals surface area contributed by atoms with Gasteiger partial charge in [0.25, 0.3) is 0 Å². The molecular weight excluding hydrogens is 460 g/mol. The Morgan fingerprint density at radius 1 is 1.00 bits per heavy atom. The molecule has 2 aromatic carbocycles. The third kappa shape index (κ3) is 6.33. The van der Waals surface area contributed by atoms with Gasteiger partial charge in [0, 0.05) is 39.3 Å². The van der Waals surface area contributed by atoms with Crippen molar-refractivity contribution in [2.45, 2.75) is 20.0 Å². The van der Waals surface area contributed by atoms with E-state index in [1.54, 1.807) is 11.8 Å². The molecule has 0 N–H and O–H groups in total. The summed E-state index contributed by atoms with van der Waals surface area (Å²) in [5, 5.41) is 12.3. The second-order valence-electron chi connectivity index (χ2n) is 8.52. The summed E-state index contributed by atoms with van der Waals surface area (Å²) in [6.07, 6.45) is 1.33. The Bertz CT molecular complexity index is 1150. The summed E-state index contributed by atoms with van der Waals surface area (Å²) in [5.74, 6) is -0.0997. The van der Waals surface area contributed by atoms with Crippen molar-refractivity contribution in [1.29, 1.82) is 0 Å². The van der Waals surface area contributed by atoms with Gasteiger partial charge in [-0.3, -0.25) is 19.8 Å². The van der Waals surface area contributed by atoms with Gasteiger partial charge in [0.2, 0.25) is 11.6 Å². The predicted molar refractivity (Wildman–Crippen MR) is 137 cm³/mol. The molecule has 3 aromatic rings. The van der Waals surface area contributed by atoms with Crippen molar-refractivity contribution < 1.29 is 14.5 Å². The van der Waals surface area contributed by atoms with Gasteiger partial charge < -0.3 is 14.5 Å². The molecule has 1 fully saturated rings. The van der Waals surface area contributed by atoms with Gasteiger partial charge in [0.15, 0.2) is 0 Å². The van der Waals surface area contributed by atoms with Crippen LogP contribution in [0.15, 0.2) is 67.0 Å². The lowest BCUT2D eigenvalue weighted by Crippen LogP contribution is -2.46. The molecule has 0 spiro atoms. The number of ether oxygens (including phenoxy) is 1. The standard InChI is InChI=1S/C26H30N6O4/c1-2-36-23(33)19-31(18-22-11-7-4-8-12-22)26-24(32(34)35)25(27-20-28-26)30-15-13-29(14-16-30)17-21-9-5-3-6-10-21/h3-12,20H,2,13-19H2,1H3. The monoisotopic (exact) mass is 490 g/mol. The number of carbonyl (C=O) groups is 1. The van der Waals surface area contributed by atoms with Crippen molar-refractivity contribution in [3.05, 3.63) is 88.2 Å². The summed E-state index contributed by atoms with van der Waals surface area (Å²) in [6, 6.07) is 19.7. The van der Waals surface area contributed by atoms with Crippen LogP contribution in [0, 0.1) is 10.1 Å². The van der Waals surface area contributed by atoms with Crippen LogP contribution in [-0.2, 0) is 22.6 Å². The maximum atomic E-state index is 12.4.